The molecule has 27 heavy (non-hydrogen) atoms. The highest BCUT2D eigenvalue weighted by Crippen LogP contribution is 2.16. The third-order valence-electron chi connectivity index (χ3n) is 4.01. The molecule has 0 aromatic heterocycles. The van der Waals surface area contributed by atoms with Crippen LogP contribution >= 0.6 is 11.8 Å². The zero-order valence-electron chi connectivity index (χ0n) is 14.9. The molecule has 134 valence electrons. The Bertz CT molecular complexity index is 946. The van der Waals surface area contributed by atoms with Gasteiger partial charge in [-0.15, -0.1) is 11.8 Å². The van der Waals surface area contributed by atoms with Gasteiger partial charge in [-0.3, -0.25) is 9.59 Å². The fourth-order valence-electron chi connectivity index (χ4n) is 2.49. The number of anilines is 1. The largest absolute Gasteiger partial charge is 0.322 e. The van der Waals surface area contributed by atoms with E-state index in [4.69, 9.17) is 0 Å². The van der Waals surface area contributed by atoms with Crippen molar-refractivity contribution in [2.75, 3.05) is 11.6 Å². The van der Waals surface area contributed by atoms with E-state index in [0.717, 1.165) is 5.56 Å². The summed E-state index contributed by atoms with van der Waals surface area (Å²) in [4.78, 5) is 25.7. The van der Waals surface area contributed by atoms with Crippen molar-refractivity contribution in [2.45, 2.75) is 4.90 Å². The second kappa shape index (κ2) is 9.01. The van der Waals surface area contributed by atoms with Crippen LogP contribution in [0.15, 0.2) is 89.8 Å². The fraction of sp³-hybridized carbons (Fsp3) is 0.0435. The first-order valence-corrected chi connectivity index (χ1v) is 9.71. The molecule has 1 amide bonds. The highest BCUT2D eigenvalue weighted by atomic mass is 32.2. The lowest BCUT2D eigenvalue weighted by Gasteiger charge is -2.05. The van der Waals surface area contributed by atoms with Crippen LogP contribution in [0.3, 0.4) is 0 Å². The van der Waals surface area contributed by atoms with Gasteiger partial charge in [0, 0.05) is 21.7 Å². The van der Waals surface area contributed by atoms with Gasteiger partial charge in [0.05, 0.1) is 0 Å². The van der Waals surface area contributed by atoms with Gasteiger partial charge in [0.1, 0.15) is 0 Å². The van der Waals surface area contributed by atoms with Crippen LogP contribution in [0.25, 0.3) is 6.08 Å². The maximum atomic E-state index is 12.3. The first-order chi connectivity index (χ1) is 13.2. The molecule has 0 heterocycles. The van der Waals surface area contributed by atoms with Gasteiger partial charge in [0.25, 0.3) is 5.91 Å². The Balaban J connectivity index is 1.63. The highest BCUT2D eigenvalue weighted by molar-refractivity contribution is 7.98. The van der Waals surface area contributed by atoms with Crippen LogP contribution in [0.5, 0.6) is 0 Å². The smallest absolute Gasteiger partial charge is 0.255 e. The zero-order chi connectivity index (χ0) is 19.1. The molecule has 0 saturated carbocycles. The second-order valence-corrected chi connectivity index (χ2v) is 6.75. The Morgan fingerprint density at radius 2 is 1.48 bits per heavy atom. The monoisotopic (exact) mass is 373 g/mol. The van der Waals surface area contributed by atoms with Crippen molar-refractivity contribution in [3.8, 4) is 0 Å². The third kappa shape index (κ3) is 5.19. The summed E-state index contributed by atoms with van der Waals surface area (Å²) in [6.45, 7) is 0. The molecule has 3 nitrogen and oxygen atoms in total. The van der Waals surface area contributed by atoms with E-state index in [9.17, 15) is 9.59 Å². The van der Waals surface area contributed by atoms with Gasteiger partial charge in [-0.1, -0.05) is 36.4 Å². The topological polar surface area (TPSA) is 46.2 Å². The van der Waals surface area contributed by atoms with E-state index in [1.165, 1.54) is 4.90 Å². The molecule has 0 radical (unpaired) electrons. The minimum Gasteiger partial charge on any atom is -0.322 e. The quantitative estimate of drug-likeness (QED) is 0.350. The molecule has 3 aromatic rings. The Labute approximate surface area is 163 Å². The predicted octanol–water partition coefficient (Wildman–Crippen LogP) is 5.56. The summed E-state index contributed by atoms with van der Waals surface area (Å²) >= 11 is 1.68. The Morgan fingerprint density at radius 3 is 2.11 bits per heavy atom. The van der Waals surface area contributed by atoms with Gasteiger partial charge in [0.2, 0.25) is 0 Å². The van der Waals surface area contributed by atoms with Crippen molar-refractivity contribution >= 4 is 35.2 Å². The second-order valence-electron chi connectivity index (χ2n) is 5.87. The van der Waals surface area contributed by atoms with Crippen molar-refractivity contribution in [3.63, 3.8) is 0 Å². The molecule has 1 N–H and O–H groups in total. The number of benzene rings is 3. The van der Waals surface area contributed by atoms with Crippen molar-refractivity contribution in [1.29, 1.82) is 0 Å². The van der Waals surface area contributed by atoms with Crippen molar-refractivity contribution < 1.29 is 9.59 Å². The molecule has 3 rings (SSSR count). The number of ketones is 1. The van der Waals surface area contributed by atoms with Gasteiger partial charge >= 0.3 is 0 Å². The lowest BCUT2D eigenvalue weighted by molar-refractivity contribution is 0.102. The normalized spacial score (nSPS) is 10.7. The summed E-state index contributed by atoms with van der Waals surface area (Å²) < 4.78 is 0. The lowest BCUT2D eigenvalue weighted by atomic mass is 10.1. The van der Waals surface area contributed by atoms with Crippen molar-refractivity contribution in [2.24, 2.45) is 0 Å². The molecule has 0 saturated heterocycles. The summed E-state index contributed by atoms with van der Waals surface area (Å²) in [5.74, 6) is -0.256. The first-order valence-electron chi connectivity index (χ1n) is 8.48. The molecule has 0 fully saturated rings. The standard InChI is InChI=1S/C23H19NO2S/c1-27-21-14-7-17(8-15-21)9-16-22(25)18-10-12-20(13-11-18)24-23(26)19-5-3-2-4-6-19/h2-16H,1H3,(H,24,26)/b16-9+. The van der Waals surface area contributed by atoms with E-state index in [1.807, 2.05) is 48.7 Å². The van der Waals surface area contributed by atoms with Crippen LogP contribution in [0.2, 0.25) is 0 Å². The van der Waals surface area contributed by atoms with Gasteiger partial charge in [-0.25, -0.2) is 0 Å². The fourth-order valence-corrected chi connectivity index (χ4v) is 2.90. The van der Waals surface area contributed by atoms with Crippen LogP contribution in [-0.2, 0) is 0 Å². The average molecular weight is 373 g/mol. The number of allylic oxidation sites excluding steroid dienone is 1. The molecular weight excluding hydrogens is 354 g/mol. The molecule has 4 heteroatoms. The minimum atomic E-state index is -0.178. The van der Waals surface area contributed by atoms with Crippen molar-refractivity contribution in [1.82, 2.24) is 0 Å². The molecular formula is C23H19NO2S. The molecule has 3 aromatic carbocycles. The molecule has 0 spiro atoms. The van der Waals surface area contributed by atoms with Crippen molar-refractivity contribution in [3.05, 3.63) is 102 Å². The van der Waals surface area contributed by atoms with E-state index in [0.29, 0.717) is 16.8 Å². The Morgan fingerprint density at radius 1 is 0.815 bits per heavy atom. The van der Waals surface area contributed by atoms with E-state index in [2.05, 4.69) is 5.32 Å². The van der Waals surface area contributed by atoms with Gasteiger partial charge in [0.15, 0.2) is 5.78 Å². The Hall–Kier alpha value is -3.11. The molecule has 0 unspecified atom stereocenters. The molecule has 0 aliphatic rings. The summed E-state index contributed by atoms with van der Waals surface area (Å²) in [6.07, 6.45) is 5.39. The minimum absolute atomic E-state index is 0.0788. The SMILES string of the molecule is CSc1ccc(/C=C/C(=O)c2ccc(NC(=O)c3ccccc3)cc2)cc1. The molecule has 0 atom stereocenters. The highest BCUT2D eigenvalue weighted by Gasteiger charge is 2.06. The van der Waals surface area contributed by atoms with Crippen LogP contribution < -0.4 is 5.32 Å². The summed E-state index contributed by atoms with van der Waals surface area (Å²) in [5.41, 5.74) is 2.79. The van der Waals surface area contributed by atoms with Gasteiger partial charge < -0.3 is 5.32 Å². The van der Waals surface area contributed by atoms with Crippen LogP contribution in [-0.4, -0.2) is 17.9 Å². The van der Waals surface area contributed by atoms with E-state index in [1.54, 1.807) is 60.3 Å². The lowest BCUT2D eigenvalue weighted by Crippen LogP contribution is -2.11. The number of hydrogen-bond acceptors (Lipinski definition) is 3. The number of thioether (sulfide) groups is 1. The van der Waals surface area contributed by atoms with E-state index < -0.39 is 0 Å². The molecule has 0 aliphatic carbocycles. The van der Waals surface area contributed by atoms with Crippen LogP contribution in [0, 0.1) is 0 Å². The number of amides is 1. The predicted molar refractivity (Wildman–Crippen MR) is 112 cm³/mol. The summed E-state index contributed by atoms with van der Waals surface area (Å²) in [7, 11) is 0. The average Bonchev–Trinajstić information content (AvgIpc) is 2.73. The number of rotatable bonds is 6. The summed E-state index contributed by atoms with van der Waals surface area (Å²) in [5, 5.41) is 2.82. The van der Waals surface area contributed by atoms with E-state index >= 15 is 0 Å². The molecule has 0 aliphatic heterocycles. The van der Waals surface area contributed by atoms with Crippen LogP contribution in [0.4, 0.5) is 5.69 Å². The first kappa shape index (κ1) is 18.7. The number of carbonyl (C=O) groups is 2. The maximum Gasteiger partial charge on any atom is 0.255 e. The van der Waals surface area contributed by atoms with Gasteiger partial charge in [-0.2, -0.15) is 0 Å². The van der Waals surface area contributed by atoms with E-state index in [-0.39, 0.29) is 11.7 Å². The van der Waals surface area contributed by atoms with Gasteiger partial charge in [-0.05, 0) is 66.4 Å². The maximum absolute atomic E-state index is 12.3. The number of carbonyl (C=O) groups excluding carboxylic acids is 2. The molecule has 0 bridgehead atoms. The third-order valence-corrected chi connectivity index (χ3v) is 4.75. The van der Waals surface area contributed by atoms with Crippen LogP contribution in [0.1, 0.15) is 26.3 Å². The number of nitrogens with one attached hydrogen (secondary N) is 1. The summed E-state index contributed by atoms with van der Waals surface area (Å²) in [6, 6.07) is 23.9. The zero-order valence-corrected chi connectivity index (χ0v) is 15.7. The number of hydrogen-bond donors (Lipinski definition) is 1. The Kier molecular flexibility index (Phi) is 6.23.